The van der Waals surface area contributed by atoms with Crippen molar-refractivity contribution in [3.05, 3.63) is 29.8 Å². The highest BCUT2D eigenvalue weighted by atomic mass is 19.1. The molecule has 0 saturated carbocycles. The molecule has 0 bridgehead atoms. The highest BCUT2D eigenvalue weighted by Gasteiger charge is 2.03. The number of nitrogens with one attached hydrogen (secondary N) is 1. The molecule has 0 aliphatic heterocycles. The lowest BCUT2D eigenvalue weighted by atomic mass is 10.3. The van der Waals surface area contributed by atoms with Gasteiger partial charge in [-0.15, -0.1) is 0 Å². The minimum absolute atomic E-state index is 0.0981. The number of carbonyl (C=O) groups excluding carboxylic acids is 1. The molecule has 14 heavy (non-hydrogen) atoms. The smallest absolute Gasteiger partial charge is 0.225 e. The zero-order chi connectivity index (χ0) is 10.6. The second kappa shape index (κ2) is 4.66. The fraction of sp³-hybridized carbons (Fsp3) is 0.222. The lowest BCUT2D eigenvalue weighted by Gasteiger charge is -2.04. The van der Waals surface area contributed by atoms with Crippen LogP contribution in [0.4, 0.5) is 14.5 Å². The highest BCUT2D eigenvalue weighted by Crippen LogP contribution is 2.12. The monoisotopic (exact) mass is 200 g/mol. The molecular formula is C9H10F2N2O. The summed E-state index contributed by atoms with van der Waals surface area (Å²) in [5.74, 6) is -1.82. The van der Waals surface area contributed by atoms with E-state index in [1.165, 1.54) is 0 Å². The quantitative estimate of drug-likeness (QED) is 0.771. The maximum atomic E-state index is 12.6. The molecular weight excluding hydrogens is 190 g/mol. The van der Waals surface area contributed by atoms with Crippen LogP contribution in [0.5, 0.6) is 0 Å². The summed E-state index contributed by atoms with van der Waals surface area (Å²) in [7, 11) is 0. The van der Waals surface area contributed by atoms with E-state index in [0.29, 0.717) is 0 Å². The zero-order valence-electron chi connectivity index (χ0n) is 7.39. The first-order valence-electron chi connectivity index (χ1n) is 4.08. The Morgan fingerprint density at radius 3 is 2.36 bits per heavy atom. The number of amides is 1. The average molecular weight is 200 g/mol. The van der Waals surface area contributed by atoms with Crippen LogP contribution in [0, 0.1) is 11.6 Å². The summed E-state index contributed by atoms with van der Waals surface area (Å²) in [6, 6.07) is 2.81. The number of benzene rings is 1. The van der Waals surface area contributed by atoms with Gasteiger partial charge in [-0.2, -0.15) is 0 Å². The molecule has 0 aromatic heterocycles. The van der Waals surface area contributed by atoms with E-state index in [0.717, 1.165) is 18.2 Å². The van der Waals surface area contributed by atoms with Crippen molar-refractivity contribution in [2.75, 3.05) is 11.9 Å². The molecule has 0 unspecified atom stereocenters. The van der Waals surface area contributed by atoms with Crippen molar-refractivity contribution in [1.29, 1.82) is 0 Å². The van der Waals surface area contributed by atoms with Gasteiger partial charge < -0.3 is 11.1 Å². The van der Waals surface area contributed by atoms with Gasteiger partial charge in [-0.1, -0.05) is 0 Å². The molecule has 1 rings (SSSR count). The van der Waals surface area contributed by atoms with Gasteiger partial charge >= 0.3 is 0 Å². The maximum Gasteiger partial charge on any atom is 0.225 e. The highest BCUT2D eigenvalue weighted by molar-refractivity contribution is 5.90. The standard InChI is InChI=1S/C9H10F2N2O/c10-6-3-7(11)5-8(4-6)13-9(14)1-2-12/h3-5H,1-2,12H2,(H,13,14). The first-order chi connectivity index (χ1) is 6.61. The van der Waals surface area contributed by atoms with Crippen LogP contribution in [0.25, 0.3) is 0 Å². The molecule has 0 spiro atoms. The number of nitrogens with two attached hydrogens (primary N) is 1. The third kappa shape index (κ3) is 3.10. The molecule has 3 nitrogen and oxygen atoms in total. The Bertz CT molecular complexity index is 321. The molecule has 5 heteroatoms. The number of hydrogen-bond acceptors (Lipinski definition) is 2. The third-order valence-corrected chi connectivity index (χ3v) is 1.52. The van der Waals surface area contributed by atoms with E-state index in [1.54, 1.807) is 0 Å². The minimum Gasteiger partial charge on any atom is -0.330 e. The van der Waals surface area contributed by atoms with Crippen LogP contribution >= 0.6 is 0 Å². The van der Waals surface area contributed by atoms with Crippen LogP contribution in [0.2, 0.25) is 0 Å². The normalized spacial score (nSPS) is 9.93. The van der Waals surface area contributed by atoms with E-state index in [1.807, 2.05) is 0 Å². The number of hydrogen-bond donors (Lipinski definition) is 2. The van der Waals surface area contributed by atoms with Gasteiger partial charge in [0.25, 0.3) is 0 Å². The second-order valence-corrected chi connectivity index (χ2v) is 2.74. The Morgan fingerprint density at radius 1 is 1.29 bits per heavy atom. The van der Waals surface area contributed by atoms with Crippen molar-refractivity contribution in [3.8, 4) is 0 Å². The molecule has 0 fully saturated rings. The number of halogens is 2. The van der Waals surface area contributed by atoms with E-state index in [2.05, 4.69) is 5.32 Å². The molecule has 0 saturated heterocycles. The van der Waals surface area contributed by atoms with E-state index in [-0.39, 0.29) is 24.6 Å². The molecule has 1 amide bonds. The first kappa shape index (κ1) is 10.6. The van der Waals surface area contributed by atoms with Gasteiger partial charge in [0.2, 0.25) is 5.91 Å². The molecule has 0 aliphatic rings. The van der Waals surface area contributed by atoms with Gasteiger partial charge in [0.15, 0.2) is 0 Å². The van der Waals surface area contributed by atoms with Gasteiger partial charge in [0, 0.05) is 24.7 Å². The summed E-state index contributed by atoms with van der Waals surface area (Å²) in [6.07, 6.45) is 0.123. The van der Waals surface area contributed by atoms with Crippen molar-refractivity contribution in [1.82, 2.24) is 0 Å². The van der Waals surface area contributed by atoms with E-state index in [9.17, 15) is 13.6 Å². The van der Waals surface area contributed by atoms with Crippen molar-refractivity contribution < 1.29 is 13.6 Å². The Morgan fingerprint density at radius 2 is 1.86 bits per heavy atom. The Labute approximate surface area is 79.9 Å². The van der Waals surface area contributed by atoms with E-state index < -0.39 is 11.6 Å². The van der Waals surface area contributed by atoms with Gasteiger partial charge in [-0.3, -0.25) is 4.79 Å². The summed E-state index contributed by atoms with van der Waals surface area (Å²) in [4.78, 5) is 11.0. The summed E-state index contributed by atoms with van der Waals surface area (Å²) >= 11 is 0. The average Bonchev–Trinajstić information content (AvgIpc) is 2.01. The molecule has 0 heterocycles. The van der Waals surface area contributed by atoms with Crippen LogP contribution in [0.15, 0.2) is 18.2 Å². The van der Waals surface area contributed by atoms with Crippen LogP contribution < -0.4 is 11.1 Å². The predicted octanol–water partition coefficient (Wildman–Crippen LogP) is 1.25. The number of carbonyl (C=O) groups is 1. The van der Waals surface area contributed by atoms with E-state index in [4.69, 9.17) is 5.73 Å². The SMILES string of the molecule is NCCC(=O)Nc1cc(F)cc(F)c1. The Hall–Kier alpha value is -1.49. The van der Waals surface area contributed by atoms with Crippen LogP contribution in [-0.2, 0) is 4.79 Å². The number of anilines is 1. The number of rotatable bonds is 3. The lowest BCUT2D eigenvalue weighted by Crippen LogP contribution is -2.16. The molecule has 1 aromatic carbocycles. The predicted molar refractivity (Wildman–Crippen MR) is 48.7 cm³/mol. The fourth-order valence-electron chi connectivity index (χ4n) is 0.981. The second-order valence-electron chi connectivity index (χ2n) is 2.74. The zero-order valence-corrected chi connectivity index (χ0v) is 7.39. The fourth-order valence-corrected chi connectivity index (χ4v) is 0.981. The van der Waals surface area contributed by atoms with Crippen molar-refractivity contribution in [2.45, 2.75) is 6.42 Å². The Kier molecular flexibility index (Phi) is 3.53. The molecule has 1 aromatic rings. The van der Waals surface area contributed by atoms with Gasteiger partial charge in [0.1, 0.15) is 11.6 Å². The molecule has 76 valence electrons. The summed E-state index contributed by atoms with van der Waals surface area (Å²) in [5.41, 5.74) is 5.23. The summed E-state index contributed by atoms with van der Waals surface area (Å²) in [6.45, 7) is 0.198. The summed E-state index contributed by atoms with van der Waals surface area (Å²) < 4.78 is 25.3. The first-order valence-corrected chi connectivity index (χ1v) is 4.08. The van der Waals surface area contributed by atoms with Crippen molar-refractivity contribution in [3.63, 3.8) is 0 Å². The van der Waals surface area contributed by atoms with Gasteiger partial charge in [-0.05, 0) is 12.1 Å². The Balaban J connectivity index is 2.71. The van der Waals surface area contributed by atoms with E-state index >= 15 is 0 Å². The molecule has 3 N–H and O–H groups in total. The molecule has 0 aliphatic carbocycles. The van der Waals surface area contributed by atoms with Crippen molar-refractivity contribution in [2.24, 2.45) is 5.73 Å². The van der Waals surface area contributed by atoms with Gasteiger partial charge in [-0.25, -0.2) is 8.78 Å². The summed E-state index contributed by atoms with van der Waals surface area (Å²) in [5, 5.41) is 2.33. The van der Waals surface area contributed by atoms with Crippen LogP contribution in [0.1, 0.15) is 6.42 Å². The largest absolute Gasteiger partial charge is 0.330 e. The third-order valence-electron chi connectivity index (χ3n) is 1.52. The topological polar surface area (TPSA) is 55.1 Å². The minimum atomic E-state index is -0.729. The molecule has 0 atom stereocenters. The lowest BCUT2D eigenvalue weighted by molar-refractivity contribution is -0.116. The van der Waals surface area contributed by atoms with Crippen LogP contribution in [-0.4, -0.2) is 12.5 Å². The van der Waals surface area contributed by atoms with Crippen molar-refractivity contribution >= 4 is 11.6 Å². The molecule has 0 radical (unpaired) electrons. The van der Waals surface area contributed by atoms with Crippen LogP contribution in [0.3, 0.4) is 0 Å². The maximum absolute atomic E-state index is 12.6. The van der Waals surface area contributed by atoms with Gasteiger partial charge in [0.05, 0.1) is 0 Å².